The Labute approximate surface area is 226 Å². The lowest BCUT2D eigenvalue weighted by Gasteiger charge is -2.40. The molecule has 0 bridgehead atoms. The number of benzene rings is 1. The van der Waals surface area contributed by atoms with Crippen LogP contribution in [0.15, 0.2) is 42.7 Å². The van der Waals surface area contributed by atoms with E-state index in [9.17, 15) is 14.7 Å². The quantitative estimate of drug-likeness (QED) is 0.442. The summed E-state index contributed by atoms with van der Waals surface area (Å²) in [5, 5.41) is 12.0. The predicted octanol–water partition coefficient (Wildman–Crippen LogP) is 4.62. The number of carbonyl (C=O) groups is 2. The monoisotopic (exact) mass is 540 g/mol. The van der Waals surface area contributed by atoms with Gasteiger partial charge in [0.15, 0.2) is 0 Å². The minimum Gasteiger partial charge on any atom is -0.381 e. The van der Waals surface area contributed by atoms with Crippen molar-refractivity contribution in [1.82, 2.24) is 14.5 Å². The molecule has 1 aromatic carbocycles. The van der Waals surface area contributed by atoms with Gasteiger partial charge < -0.3 is 19.5 Å². The summed E-state index contributed by atoms with van der Waals surface area (Å²) in [5.41, 5.74) is 1.89. The minimum atomic E-state index is -1.43. The van der Waals surface area contributed by atoms with Crippen LogP contribution >= 0.6 is 23.4 Å². The summed E-state index contributed by atoms with van der Waals surface area (Å²) < 4.78 is 2.31. The number of rotatable bonds is 7. The van der Waals surface area contributed by atoms with Gasteiger partial charge in [-0.15, -0.1) is 0 Å². The van der Waals surface area contributed by atoms with Crippen LogP contribution in [-0.2, 0) is 28.1 Å². The van der Waals surface area contributed by atoms with Gasteiger partial charge in [0.25, 0.3) is 5.91 Å². The zero-order valence-electron chi connectivity index (χ0n) is 21.5. The zero-order chi connectivity index (χ0) is 26.4. The molecular formula is C28H33ClN4O3S. The Balaban J connectivity index is 1.47. The number of aromatic nitrogens is 2. The molecule has 1 N–H and O–H groups in total. The number of piperidine rings is 1. The van der Waals surface area contributed by atoms with E-state index in [0.717, 1.165) is 46.6 Å². The van der Waals surface area contributed by atoms with Crippen LogP contribution in [0.4, 0.5) is 5.69 Å². The molecule has 9 heteroatoms. The van der Waals surface area contributed by atoms with Crippen LogP contribution < -0.4 is 4.90 Å². The molecule has 0 saturated carbocycles. The van der Waals surface area contributed by atoms with E-state index in [2.05, 4.69) is 27.9 Å². The van der Waals surface area contributed by atoms with Gasteiger partial charge in [-0.25, -0.2) is 0 Å². The van der Waals surface area contributed by atoms with E-state index in [1.807, 2.05) is 34.9 Å². The molecule has 2 aliphatic rings. The van der Waals surface area contributed by atoms with Crippen LogP contribution in [0.25, 0.3) is 10.9 Å². The van der Waals surface area contributed by atoms with E-state index in [4.69, 9.17) is 11.6 Å². The molecule has 0 aliphatic carbocycles. The van der Waals surface area contributed by atoms with E-state index < -0.39 is 11.0 Å². The second-order valence-corrected chi connectivity index (χ2v) is 12.0. The molecule has 7 nitrogen and oxygen atoms in total. The number of pyridine rings is 1. The predicted molar refractivity (Wildman–Crippen MR) is 149 cm³/mol. The first-order valence-corrected chi connectivity index (χ1v) is 14.5. The van der Waals surface area contributed by atoms with E-state index in [1.165, 1.54) is 13.8 Å². The third kappa shape index (κ3) is 4.64. The summed E-state index contributed by atoms with van der Waals surface area (Å²) in [5.74, 6) is 0.822. The first kappa shape index (κ1) is 26.1. The van der Waals surface area contributed by atoms with Gasteiger partial charge >= 0.3 is 0 Å². The zero-order valence-corrected chi connectivity index (χ0v) is 23.1. The lowest BCUT2D eigenvalue weighted by molar-refractivity contribution is -0.150. The maximum absolute atomic E-state index is 14.2. The van der Waals surface area contributed by atoms with Crippen LogP contribution in [0.3, 0.4) is 0 Å². The Morgan fingerprint density at radius 3 is 2.68 bits per heavy atom. The van der Waals surface area contributed by atoms with Crippen LogP contribution in [-0.4, -0.2) is 62.1 Å². The highest BCUT2D eigenvalue weighted by atomic mass is 35.5. The Bertz CT molecular complexity index is 1340. The van der Waals surface area contributed by atoms with Crippen molar-refractivity contribution in [1.29, 1.82) is 0 Å². The highest BCUT2D eigenvalue weighted by molar-refractivity contribution is 7.98. The third-order valence-electron chi connectivity index (χ3n) is 7.69. The molecule has 0 atom stereocenters. The summed E-state index contributed by atoms with van der Waals surface area (Å²) in [6, 6.07) is 10.0. The molecule has 1 spiro atoms. The molecule has 37 heavy (non-hydrogen) atoms. The number of halogens is 1. The Morgan fingerprint density at radius 1 is 1.22 bits per heavy atom. The normalized spacial score (nSPS) is 17.2. The number of aryl methyl sites for hydroxylation is 1. The van der Waals surface area contributed by atoms with Crippen molar-refractivity contribution in [3.8, 4) is 0 Å². The van der Waals surface area contributed by atoms with E-state index in [-0.39, 0.29) is 11.8 Å². The number of hydrogen-bond acceptors (Lipinski definition) is 5. The molecule has 2 aromatic heterocycles. The average molecular weight is 541 g/mol. The summed E-state index contributed by atoms with van der Waals surface area (Å²) in [6.45, 7) is 5.18. The largest absolute Gasteiger partial charge is 0.381 e. The SMILES string of the molecule is CSCCCn1c(CN2C(=O)C3(CCN(C(=O)C(C)(C)O)CC3)c3ccncc32)cc2cc(Cl)ccc21. The Kier molecular flexibility index (Phi) is 7.02. The molecule has 2 amide bonds. The summed E-state index contributed by atoms with van der Waals surface area (Å²) in [7, 11) is 0. The molecule has 196 valence electrons. The van der Waals surface area contributed by atoms with Crippen molar-refractivity contribution in [2.45, 2.75) is 57.2 Å². The molecule has 0 unspecified atom stereocenters. The van der Waals surface area contributed by atoms with Crippen molar-refractivity contribution < 1.29 is 14.7 Å². The number of likely N-dealkylation sites (tertiary alicyclic amines) is 1. The Morgan fingerprint density at radius 2 is 1.97 bits per heavy atom. The summed E-state index contributed by atoms with van der Waals surface area (Å²) in [6.07, 6.45) is 7.71. The molecular weight excluding hydrogens is 508 g/mol. The number of carbonyl (C=O) groups excluding carboxylic acids is 2. The standard InChI is InChI=1S/C28H33ClN4O3S/c1-27(2,36)25(34)31-12-8-28(9-13-31)22-7-10-30-17-24(22)33(26(28)35)18-21-16-19-15-20(29)5-6-23(19)32(21)11-4-14-37-3/h5-7,10,15-17,36H,4,8-9,11-14,18H2,1-3H3. The van der Waals surface area contributed by atoms with Crippen molar-refractivity contribution in [3.63, 3.8) is 0 Å². The number of amides is 2. The lowest BCUT2D eigenvalue weighted by Crippen LogP contribution is -2.53. The summed E-state index contributed by atoms with van der Waals surface area (Å²) in [4.78, 5) is 34.7. The number of fused-ring (bicyclic) bond motifs is 3. The molecule has 0 radical (unpaired) electrons. The average Bonchev–Trinajstić information content (AvgIpc) is 3.32. The number of anilines is 1. The Hall–Kier alpha value is -2.55. The molecule has 4 heterocycles. The molecule has 1 fully saturated rings. The smallest absolute Gasteiger partial charge is 0.253 e. The van der Waals surface area contributed by atoms with Crippen molar-refractivity contribution >= 4 is 51.8 Å². The first-order chi connectivity index (χ1) is 17.7. The molecule has 1 saturated heterocycles. The maximum Gasteiger partial charge on any atom is 0.253 e. The van der Waals surface area contributed by atoms with Crippen molar-refractivity contribution in [3.05, 3.63) is 59.0 Å². The minimum absolute atomic E-state index is 0.0600. The van der Waals surface area contributed by atoms with Crippen molar-refractivity contribution in [2.24, 2.45) is 0 Å². The topological polar surface area (TPSA) is 78.7 Å². The third-order valence-corrected chi connectivity index (χ3v) is 8.62. The second kappa shape index (κ2) is 9.97. The highest BCUT2D eigenvalue weighted by Crippen LogP contribution is 2.48. The van der Waals surface area contributed by atoms with Gasteiger partial charge in [0, 0.05) is 47.5 Å². The van der Waals surface area contributed by atoms with Gasteiger partial charge in [-0.3, -0.25) is 14.6 Å². The number of hydrogen-bond donors (Lipinski definition) is 1. The van der Waals surface area contributed by atoms with E-state index in [0.29, 0.717) is 37.5 Å². The van der Waals surface area contributed by atoms with E-state index >= 15 is 0 Å². The highest BCUT2D eigenvalue weighted by Gasteiger charge is 2.53. The van der Waals surface area contributed by atoms with Crippen LogP contribution in [0.2, 0.25) is 5.02 Å². The lowest BCUT2D eigenvalue weighted by atomic mass is 9.73. The maximum atomic E-state index is 14.2. The van der Waals surface area contributed by atoms with Crippen LogP contribution in [0, 0.1) is 0 Å². The fraction of sp³-hybridized carbons (Fsp3) is 0.464. The second-order valence-electron chi connectivity index (χ2n) is 10.6. The van der Waals surface area contributed by atoms with Gasteiger partial charge in [0.05, 0.1) is 23.8 Å². The van der Waals surface area contributed by atoms with Gasteiger partial charge in [-0.2, -0.15) is 11.8 Å². The van der Waals surface area contributed by atoms with Crippen molar-refractivity contribution in [2.75, 3.05) is 30.0 Å². The molecule has 3 aromatic rings. The van der Waals surface area contributed by atoms with Gasteiger partial charge in [0.2, 0.25) is 5.91 Å². The van der Waals surface area contributed by atoms with Crippen LogP contribution in [0.1, 0.15) is 44.4 Å². The van der Waals surface area contributed by atoms with Gasteiger partial charge in [-0.1, -0.05) is 11.6 Å². The number of aliphatic hydroxyl groups is 1. The fourth-order valence-electron chi connectivity index (χ4n) is 5.83. The first-order valence-electron chi connectivity index (χ1n) is 12.7. The molecule has 5 rings (SSSR count). The van der Waals surface area contributed by atoms with Crippen LogP contribution in [0.5, 0.6) is 0 Å². The number of thioether (sulfide) groups is 1. The van der Waals surface area contributed by atoms with Gasteiger partial charge in [0.1, 0.15) is 5.60 Å². The van der Waals surface area contributed by atoms with E-state index in [1.54, 1.807) is 17.3 Å². The molecule has 2 aliphatic heterocycles. The summed E-state index contributed by atoms with van der Waals surface area (Å²) >= 11 is 8.13. The number of nitrogens with zero attached hydrogens (tertiary/aromatic N) is 4. The fourth-order valence-corrected chi connectivity index (χ4v) is 6.43. The van der Waals surface area contributed by atoms with Gasteiger partial charge in [-0.05, 0) is 81.0 Å².